The Bertz CT molecular complexity index is 1290. The van der Waals surface area contributed by atoms with Gasteiger partial charge in [-0.25, -0.2) is 9.37 Å². The Balaban J connectivity index is 1.32. The van der Waals surface area contributed by atoms with Crippen LogP contribution in [-0.4, -0.2) is 71.0 Å². The molecule has 0 aliphatic carbocycles. The number of amides is 1. The minimum atomic E-state index is -0.258. The van der Waals surface area contributed by atoms with E-state index in [0.29, 0.717) is 13.1 Å². The van der Waals surface area contributed by atoms with Crippen molar-refractivity contribution in [2.75, 3.05) is 45.9 Å². The summed E-state index contributed by atoms with van der Waals surface area (Å²) in [6, 6.07) is 14.4. The SMILES string of the molecule is CCc1ccc(C(=O)N(CCc2csc3nc(-c4ccc(F)cc4)cn23)CCN2CCOCC2)cc1. The van der Waals surface area contributed by atoms with Crippen LogP contribution in [0.5, 0.6) is 0 Å². The van der Waals surface area contributed by atoms with Gasteiger partial charge in [-0.2, -0.15) is 0 Å². The second kappa shape index (κ2) is 11.3. The lowest BCUT2D eigenvalue weighted by Gasteiger charge is -2.30. The Kier molecular flexibility index (Phi) is 7.75. The van der Waals surface area contributed by atoms with E-state index < -0.39 is 0 Å². The third kappa shape index (κ3) is 5.67. The summed E-state index contributed by atoms with van der Waals surface area (Å²) in [5.74, 6) is -0.193. The molecule has 0 bridgehead atoms. The molecule has 2 aromatic heterocycles. The van der Waals surface area contributed by atoms with E-state index in [1.54, 1.807) is 23.5 Å². The number of thiazole rings is 1. The van der Waals surface area contributed by atoms with Crippen molar-refractivity contribution in [2.45, 2.75) is 19.8 Å². The van der Waals surface area contributed by atoms with Crippen molar-refractivity contribution in [1.29, 1.82) is 0 Å². The number of aryl methyl sites for hydroxylation is 1. The molecule has 1 amide bonds. The second-order valence-electron chi connectivity index (χ2n) is 9.06. The standard InChI is InChI=1S/C28H31FN4O2S/c1-2-21-3-5-23(6-4-21)27(34)32(14-13-31-15-17-35-18-16-31)12-11-25-20-36-28-30-26(19-33(25)28)22-7-9-24(29)10-8-22/h3-10,19-20H,2,11-18H2,1H3. The first kappa shape index (κ1) is 24.6. The Labute approximate surface area is 214 Å². The van der Waals surface area contributed by atoms with Gasteiger partial charge in [-0.05, 0) is 48.4 Å². The van der Waals surface area contributed by atoms with Crippen LogP contribution in [0, 0.1) is 5.82 Å². The molecule has 0 atom stereocenters. The van der Waals surface area contributed by atoms with E-state index in [9.17, 15) is 9.18 Å². The van der Waals surface area contributed by atoms with Gasteiger partial charge in [0.05, 0.1) is 18.9 Å². The minimum Gasteiger partial charge on any atom is -0.379 e. The van der Waals surface area contributed by atoms with Crippen LogP contribution in [0.4, 0.5) is 4.39 Å². The van der Waals surface area contributed by atoms with Crippen LogP contribution in [0.25, 0.3) is 16.2 Å². The van der Waals surface area contributed by atoms with Gasteiger partial charge in [0.25, 0.3) is 5.91 Å². The highest BCUT2D eigenvalue weighted by atomic mass is 32.1. The van der Waals surface area contributed by atoms with Gasteiger partial charge in [0.1, 0.15) is 5.82 Å². The number of hydrogen-bond acceptors (Lipinski definition) is 5. The van der Waals surface area contributed by atoms with Gasteiger partial charge in [0, 0.05) is 67.5 Å². The lowest BCUT2D eigenvalue weighted by molar-refractivity contribution is 0.0325. The molecule has 4 aromatic rings. The largest absolute Gasteiger partial charge is 0.379 e. The molecule has 3 heterocycles. The van der Waals surface area contributed by atoms with Crippen molar-refractivity contribution in [3.05, 3.63) is 82.7 Å². The molecule has 8 heteroatoms. The summed E-state index contributed by atoms with van der Waals surface area (Å²) in [5.41, 5.74) is 4.77. The van der Waals surface area contributed by atoms with Gasteiger partial charge in [0.2, 0.25) is 0 Å². The lowest BCUT2D eigenvalue weighted by Crippen LogP contribution is -2.43. The highest BCUT2D eigenvalue weighted by molar-refractivity contribution is 7.15. The van der Waals surface area contributed by atoms with E-state index in [-0.39, 0.29) is 11.7 Å². The third-order valence-electron chi connectivity index (χ3n) is 6.75. The number of ether oxygens (including phenoxy) is 1. The van der Waals surface area contributed by atoms with Gasteiger partial charge >= 0.3 is 0 Å². The van der Waals surface area contributed by atoms with Gasteiger partial charge in [-0.3, -0.25) is 14.1 Å². The Morgan fingerprint density at radius 3 is 2.56 bits per heavy atom. The summed E-state index contributed by atoms with van der Waals surface area (Å²) in [7, 11) is 0. The molecule has 1 aliphatic heterocycles. The molecule has 0 unspecified atom stereocenters. The Morgan fingerprint density at radius 2 is 1.83 bits per heavy atom. The molecule has 2 aromatic carbocycles. The van der Waals surface area contributed by atoms with Crippen LogP contribution >= 0.6 is 11.3 Å². The molecule has 0 saturated carbocycles. The van der Waals surface area contributed by atoms with E-state index in [1.807, 2.05) is 35.4 Å². The molecule has 36 heavy (non-hydrogen) atoms. The zero-order chi connectivity index (χ0) is 24.9. The number of nitrogens with zero attached hydrogens (tertiary/aromatic N) is 4. The summed E-state index contributed by atoms with van der Waals surface area (Å²) >= 11 is 1.58. The van der Waals surface area contributed by atoms with E-state index in [1.165, 1.54) is 17.7 Å². The van der Waals surface area contributed by atoms with Crippen LogP contribution in [-0.2, 0) is 17.6 Å². The molecule has 6 nitrogen and oxygen atoms in total. The summed E-state index contributed by atoms with van der Waals surface area (Å²) in [5, 5.41) is 2.11. The van der Waals surface area contributed by atoms with E-state index in [0.717, 1.165) is 73.2 Å². The number of imidazole rings is 1. The van der Waals surface area contributed by atoms with Crippen molar-refractivity contribution in [1.82, 2.24) is 19.2 Å². The maximum absolute atomic E-state index is 13.5. The lowest BCUT2D eigenvalue weighted by atomic mass is 10.1. The van der Waals surface area contributed by atoms with Crippen LogP contribution in [0.3, 0.4) is 0 Å². The van der Waals surface area contributed by atoms with Crippen molar-refractivity contribution in [3.63, 3.8) is 0 Å². The maximum Gasteiger partial charge on any atom is 0.253 e. The van der Waals surface area contributed by atoms with Crippen molar-refractivity contribution >= 4 is 22.2 Å². The van der Waals surface area contributed by atoms with E-state index in [4.69, 9.17) is 9.72 Å². The zero-order valence-corrected chi connectivity index (χ0v) is 21.3. The molecule has 1 fully saturated rings. The number of fused-ring (bicyclic) bond motifs is 1. The fourth-order valence-electron chi connectivity index (χ4n) is 4.49. The molecular formula is C28H31FN4O2S. The number of carbonyl (C=O) groups is 1. The van der Waals surface area contributed by atoms with Crippen molar-refractivity contribution in [3.8, 4) is 11.3 Å². The van der Waals surface area contributed by atoms with Gasteiger partial charge in [-0.15, -0.1) is 11.3 Å². The summed E-state index contributed by atoms with van der Waals surface area (Å²) in [6.45, 7) is 7.54. The predicted molar refractivity (Wildman–Crippen MR) is 141 cm³/mol. The monoisotopic (exact) mass is 506 g/mol. The average Bonchev–Trinajstić information content (AvgIpc) is 3.51. The first-order chi connectivity index (χ1) is 17.6. The molecular weight excluding hydrogens is 475 g/mol. The summed E-state index contributed by atoms with van der Waals surface area (Å²) in [4.78, 5) is 23.4. The van der Waals surface area contributed by atoms with Crippen molar-refractivity contribution < 1.29 is 13.9 Å². The topological polar surface area (TPSA) is 50.1 Å². The van der Waals surface area contributed by atoms with Crippen LogP contribution < -0.4 is 0 Å². The second-order valence-corrected chi connectivity index (χ2v) is 9.90. The molecule has 1 aliphatic rings. The minimum absolute atomic E-state index is 0.0648. The van der Waals surface area contributed by atoms with Gasteiger partial charge < -0.3 is 9.64 Å². The Hall–Kier alpha value is -3.07. The quantitative estimate of drug-likeness (QED) is 0.328. The van der Waals surface area contributed by atoms with Crippen LogP contribution in [0.1, 0.15) is 28.5 Å². The summed E-state index contributed by atoms with van der Waals surface area (Å²) < 4.78 is 20.9. The first-order valence-corrected chi connectivity index (χ1v) is 13.4. The predicted octanol–water partition coefficient (Wildman–Crippen LogP) is 4.78. The number of rotatable bonds is 9. The van der Waals surface area contributed by atoms with E-state index in [2.05, 4.69) is 21.6 Å². The maximum atomic E-state index is 13.5. The number of aromatic nitrogens is 2. The summed E-state index contributed by atoms with van der Waals surface area (Å²) in [6.07, 6.45) is 3.67. The van der Waals surface area contributed by atoms with Gasteiger partial charge in [-0.1, -0.05) is 19.1 Å². The molecule has 0 radical (unpaired) electrons. The third-order valence-corrected chi connectivity index (χ3v) is 7.64. The zero-order valence-electron chi connectivity index (χ0n) is 20.5. The number of morpholine rings is 1. The average molecular weight is 507 g/mol. The number of carbonyl (C=O) groups excluding carboxylic acids is 1. The smallest absolute Gasteiger partial charge is 0.253 e. The molecule has 5 rings (SSSR count). The highest BCUT2D eigenvalue weighted by Crippen LogP contribution is 2.24. The number of hydrogen-bond donors (Lipinski definition) is 0. The fourth-order valence-corrected chi connectivity index (χ4v) is 5.39. The van der Waals surface area contributed by atoms with Crippen LogP contribution in [0.15, 0.2) is 60.1 Å². The molecule has 0 spiro atoms. The molecule has 0 N–H and O–H groups in total. The highest BCUT2D eigenvalue weighted by Gasteiger charge is 2.19. The molecule has 1 saturated heterocycles. The Morgan fingerprint density at radius 1 is 1.08 bits per heavy atom. The van der Waals surface area contributed by atoms with Gasteiger partial charge in [0.15, 0.2) is 4.96 Å². The van der Waals surface area contributed by atoms with Crippen LogP contribution in [0.2, 0.25) is 0 Å². The normalized spacial score (nSPS) is 14.4. The van der Waals surface area contributed by atoms with E-state index >= 15 is 0 Å². The number of benzene rings is 2. The first-order valence-electron chi connectivity index (χ1n) is 12.5. The number of halogens is 1. The molecule has 188 valence electrons. The fraction of sp³-hybridized carbons (Fsp3) is 0.357. The van der Waals surface area contributed by atoms with Crippen molar-refractivity contribution in [2.24, 2.45) is 0 Å².